The number of amides is 1. The van der Waals surface area contributed by atoms with E-state index < -0.39 is 5.92 Å². The molecule has 32 heavy (non-hydrogen) atoms. The fourth-order valence-electron chi connectivity index (χ4n) is 4.91. The molecule has 2 aromatic carbocycles. The van der Waals surface area contributed by atoms with Crippen LogP contribution in [0.2, 0.25) is 0 Å². The van der Waals surface area contributed by atoms with Crippen molar-refractivity contribution >= 4 is 44.1 Å². The summed E-state index contributed by atoms with van der Waals surface area (Å²) in [5.74, 6) is -0.988. The number of carbonyl (C=O) groups excluding carboxylic acids is 2. The van der Waals surface area contributed by atoms with Gasteiger partial charge in [0.15, 0.2) is 10.9 Å². The van der Waals surface area contributed by atoms with Crippen LogP contribution in [0.25, 0.3) is 10.2 Å². The summed E-state index contributed by atoms with van der Waals surface area (Å²) in [4.78, 5) is 36.3. The van der Waals surface area contributed by atoms with Crippen LogP contribution in [0.1, 0.15) is 45.1 Å². The van der Waals surface area contributed by atoms with Crippen molar-refractivity contribution in [1.82, 2.24) is 4.98 Å². The van der Waals surface area contributed by atoms with Gasteiger partial charge in [-0.15, -0.1) is 0 Å². The number of para-hydroxylation sites is 1. The number of hydrogen-bond donors (Lipinski definition) is 1. The van der Waals surface area contributed by atoms with Crippen molar-refractivity contribution < 1.29 is 9.59 Å². The Labute approximate surface area is 191 Å². The van der Waals surface area contributed by atoms with Gasteiger partial charge in [-0.05, 0) is 36.5 Å². The second-order valence-electron chi connectivity index (χ2n) is 9.40. The molecule has 3 aromatic rings. The number of benzene rings is 2. The number of nitrogens with zero attached hydrogens (tertiary/aromatic N) is 2. The monoisotopic (exact) mass is 443 g/mol. The molecule has 6 heteroatoms. The van der Waals surface area contributed by atoms with E-state index in [-0.39, 0.29) is 23.0 Å². The van der Waals surface area contributed by atoms with E-state index in [4.69, 9.17) is 4.99 Å². The molecule has 0 fully saturated rings. The van der Waals surface area contributed by atoms with E-state index in [9.17, 15) is 9.59 Å². The number of nitrogens with one attached hydrogen (secondary N) is 1. The molecule has 0 radical (unpaired) electrons. The van der Waals surface area contributed by atoms with Crippen LogP contribution >= 0.6 is 11.3 Å². The van der Waals surface area contributed by atoms with Crippen molar-refractivity contribution in [1.29, 1.82) is 0 Å². The summed E-state index contributed by atoms with van der Waals surface area (Å²) in [6.07, 6.45) is 1.21. The van der Waals surface area contributed by atoms with Gasteiger partial charge in [0, 0.05) is 29.3 Å². The number of aromatic nitrogens is 1. The Balaban J connectivity index is 1.56. The quantitative estimate of drug-likeness (QED) is 0.560. The zero-order valence-corrected chi connectivity index (χ0v) is 19.2. The third-order valence-corrected chi connectivity index (χ3v) is 7.22. The summed E-state index contributed by atoms with van der Waals surface area (Å²) in [7, 11) is 0. The molecule has 162 valence electrons. The molecule has 0 saturated carbocycles. The molecule has 5 nitrogen and oxygen atoms in total. The fourth-order valence-corrected chi connectivity index (χ4v) is 5.78. The first kappa shape index (κ1) is 20.8. The molecule has 2 heterocycles. The Morgan fingerprint density at radius 2 is 1.78 bits per heavy atom. The lowest BCUT2D eigenvalue weighted by atomic mass is 9.66. The zero-order valence-electron chi connectivity index (χ0n) is 18.4. The zero-order chi connectivity index (χ0) is 22.5. The van der Waals surface area contributed by atoms with E-state index in [0.717, 1.165) is 33.6 Å². The normalized spacial score (nSPS) is 22.5. The van der Waals surface area contributed by atoms with Gasteiger partial charge in [-0.3, -0.25) is 14.6 Å². The van der Waals surface area contributed by atoms with Crippen molar-refractivity contribution in [3.63, 3.8) is 0 Å². The lowest BCUT2D eigenvalue weighted by Gasteiger charge is -2.39. The van der Waals surface area contributed by atoms with Crippen LogP contribution < -0.4 is 5.32 Å². The van der Waals surface area contributed by atoms with Crippen molar-refractivity contribution in [2.45, 2.75) is 39.5 Å². The van der Waals surface area contributed by atoms with Crippen LogP contribution in [-0.4, -0.2) is 22.4 Å². The van der Waals surface area contributed by atoms with E-state index in [1.807, 2.05) is 61.5 Å². The number of allylic oxidation sites excluding steroid dienone is 2. The van der Waals surface area contributed by atoms with Crippen LogP contribution in [0.15, 0.2) is 70.9 Å². The number of Topliss-reactive ketones (excluding diaryl/α,β-unsaturated/α-hetero) is 1. The fraction of sp³-hybridized carbons (Fsp3) is 0.308. The van der Waals surface area contributed by atoms with Crippen molar-refractivity contribution in [2.24, 2.45) is 16.3 Å². The molecule has 1 amide bonds. The van der Waals surface area contributed by atoms with Crippen LogP contribution in [-0.2, 0) is 9.59 Å². The Kier molecular flexibility index (Phi) is 5.05. The second-order valence-corrected chi connectivity index (χ2v) is 10.4. The average molecular weight is 444 g/mol. The molecular formula is C26H25N3O2S. The lowest BCUT2D eigenvalue weighted by molar-refractivity contribution is -0.119. The molecule has 0 spiro atoms. The molecule has 0 bridgehead atoms. The van der Waals surface area contributed by atoms with Gasteiger partial charge in [-0.1, -0.05) is 67.6 Å². The summed E-state index contributed by atoms with van der Waals surface area (Å²) >= 11 is 1.45. The van der Waals surface area contributed by atoms with E-state index in [2.05, 4.69) is 24.1 Å². The number of anilines is 1. The van der Waals surface area contributed by atoms with E-state index in [1.54, 1.807) is 0 Å². The number of carbonyl (C=O) groups is 2. The molecule has 0 saturated heterocycles. The maximum absolute atomic E-state index is 13.6. The standard InChI is InChI=1S/C26H25N3O2S/c1-15-21(24(31)29-25-28-17-11-7-8-12-20(17)32-25)22(16-9-5-4-6-10-16)23-18(27-15)13-26(2,3)14-19(23)30/h4-12,21-22H,13-14H2,1-3H3,(H,28,29,31)/t21?,22-/m1/s1. The summed E-state index contributed by atoms with van der Waals surface area (Å²) in [6, 6.07) is 17.7. The SMILES string of the molecule is CC1=NC2=C(C(=O)CC(C)(C)C2)[C@H](c2ccccc2)C1C(=O)Nc1nc2ccccc2s1. The molecule has 1 N–H and O–H groups in total. The summed E-state index contributed by atoms with van der Waals surface area (Å²) in [5.41, 5.74) is 3.97. The van der Waals surface area contributed by atoms with E-state index >= 15 is 0 Å². The predicted molar refractivity (Wildman–Crippen MR) is 129 cm³/mol. The first-order chi connectivity index (χ1) is 15.3. The Morgan fingerprint density at radius 3 is 2.53 bits per heavy atom. The van der Waals surface area contributed by atoms with E-state index in [0.29, 0.717) is 17.1 Å². The summed E-state index contributed by atoms with van der Waals surface area (Å²) < 4.78 is 1.02. The number of thiazole rings is 1. The Morgan fingerprint density at radius 1 is 1.06 bits per heavy atom. The summed E-state index contributed by atoms with van der Waals surface area (Å²) in [5, 5.41) is 3.57. The van der Waals surface area contributed by atoms with Crippen LogP contribution in [0.3, 0.4) is 0 Å². The first-order valence-corrected chi connectivity index (χ1v) is 11.7. The smallest absolute Gasteiger partial charge is 0.235 e. The highest BCUT2D eigenvalue weighted by Gasteiger charge is 2.45. The minimum absolute atomic E-state index is 0.0964. The van der Waals surface area contributed by atoms with Gasteiger partial charge < -0.3 is 5.32 Å². The minimum atomic E-state index is -0.562. The van der Waals surface area contributed by atoms with Gasteiger partial charge in [0.05, 0.1) is 16.1 Å². The van der Waals surface area contributed by atoms with Gasteiger partial charge in [0.1, 0.15) is 0 Å². The van der Waals surface area contributed by atoms with Crippen molar-refractivity contribution in [3.05, 3.63) is 71.4 Å². The highest BCUT2D eigenvalue weighted by atomic mass is 32.1. The van der Waals surface area contributed by atoms with Crippen molar-refractivity contribution in [3.8, 4) is 0 Å². The Hall–Kier alpha value is -3.12. The first-order valence-electron chi connectivity index (χ1n) is 10.9. The van der Waals surface area contributed by atoms with Gasteiger partial charge in [0.25, 0.3) is 0 Å². The number of aliphatic imine (C=N–C) groups is 1. The molecule has 5 rings (SSSR count). The average Bonchev–Trinajstić information content (AvgIpc) is 3.14. The maximum Gasteiger partial charge on any atom is 0.235 e. The van der Waals surface area contributed by atoms with Crippen molar-refractivity contribution in [2.75, 3.05) is 5.32 Å². The topological polar surface area (TPSA) is 71.4 Å². The molecule has 1 unspecified atom stereocenters. The van der Waals surface area contributed by atoms with Gasteiger partial charge in [-0.25, -0.2) is 4.98 Å². The second kappa shape index (κ2) is 7.78. The highest BCUT2D eigenvalue weighted by molar-refractivity contribution is 7.22. The molecular weight excluding hydrogens is 418 g/mol. The third kappa shape index (κ3) is 3.69. The van der Waals surface area contributed by atoms with Gasteiger partial charge >= 0.3 is 0 Å². The van der Waals surface area contributed by atoms with Crippen LogP contribution in [0.4, 0.5) is 5.13 Å². The molecule has 1 aliphatic heterocycles. The molecule has 1 aliphatic carbocycles. The predicted octanol–water partition coefficient (Wildman–Crippen LogP) is 5.75. The largest absolute Gasteiger partial charge is 0.301 e. The van der Waals surface area contributed by atoms with Gasteiger partial charge in [0.2, 0.25) is 5.91 Å². The number of rotatable bonds is 3. The number of hydrogen-bond acceptors (Lipinski definition) is 5. The maximum atomic E-state index is 13.6. The summed E-state index contributed by atoms with van der Waals surface area (Å²) in [6.45, 7) is 6.10. The molecule has 1 aromatic heterocycles. The number of fused-ring (bicyclic) bond motifs is 1. The van der Waals surface area contributed by atoms with Crippen LogP contribution in [0.5, 0.6) is 0 Å². The molecule has 2 aliphatic rings. The lowest BCUT2D eigenvalue weighted by Crippen LogP contribution is -2.40. The highest BCUT2D eigenvalue weighted by Crippen LogP contribution is 2.47. The Bertz CT molecular complexity index is 1250. The van der Waals surface area contributed by atoms with Gasteiger partial charge in [-0.2, -0.15) is 0 Å². The molecule has 2 atom stereocenters. The minimum Gasteiger partial charge on any atom is -0.301 e. The number of ketones is 1. The van der Waals surface area contributed by atoms with E-state index in [1.165, 1.54) is 11.3 Å². The third-order valence-electron chi connectivity index (χ3n) is 6.27. The van der Waals surface area contributed by atoms with Crippen LogP contribution in [0, 0.1) is 11.3 Å².